The number of rotatable bonds is 3. The van der Waals surface area contributed by atoms with Crippen molar-refractivity contribution < 1.29 is 14.4 Å². The third kappa shape index (κ3) is 2.20. The van der Waals surface area contributed by atoms with Gasteiger partial charge in [0.1, 0.15) is 5.52 Å². The number of carboxylic acids is 1. The molecule has 1 N–H and O–H groups in total. The van der Waals surface area contributed by atoms with E-state index in [1.165, 1.54) is 0 Å². The molecule has 0 aliphatic heterocycles. The van der Waals surface area contributed by atoms with Gasteiger partial charge in [-0.3, -0.25) is 4.79 Å². The molecule has 4 heteroatoms. The molecule has 3 aromatic rings. The summed E-state index contributed by atoms with van der Waals surface area (Å²) in [5.41, 5.74) is 2.47. The standard InChI is InChI=1S/C15H11NO3/c17-14(18)9-10-5-7-11(8-6-10)15-12-3-1-2-4-13(12)16-19-15/h1-8H,9H2,(H,17,18). The van der Waals surface area contributed by atoms with E-state index in [1.807, 2.05) is 36.4 Å². The minimum atomic E-state index is -0.835. The summed E-state index contributed by atoms with van der Waals surface area (Å²) in [5, 5.41) is 13.7. The molecule has 0 aliphatic rings. The van der Waals surface area contributed by atoms with Crippen LogP contribution in [-0.2, 0) is 11.2 Å². The minimum Gasteiger partial charge on any atom is -0.481 e. The van der Waals surface area contributed by atoms with Gasteiger partial charge in [0.25, 0.3) is 0 Å². The minimum absolute atomic E-state index is 0.0252. The van der Waals surface area contributed by atoms with E-state index in [9.17, 15) is 4.79 Å². The quantitative estimate of drug-likeness (QED) is 0.778. The summed E-state index contributed by atoms with van der Waals surface area (Å²) in [6.45, 7) is 0. The molecule has 1 heterocycles. The van der Waals surface area contributed by atoms with Gasteiger partial charge in [-0.15, -0.1) is 0 Å². The SMILES string of the molecule is O=C(O)Cc1ccc(-c2onc3ccccc23)cc1. The molecule has 0 bridgehead atoms. The van der Waals surface area contributed by atoms with Gasteiger partial charge in [-0.2, -0.15) is 0 Å². The van der Waals surface area contributed by atoms with Crippen molar-refractivity contribution in [2.75, 3.05) is 0 Å². The van der Waals surface area contributed by atoms with Crippen LogP contribution in [0.3, 0.4) is 0 Å². The monoisotopic (exact) mass is 253 g/mol. The average Bonchev–Trinajstić information content (AvgIpc) is 2.83. The fourth-order valence-electron chi connectivity index (χ4n) is 2.05. The van der Waals surface area contributed by atoms with Gasteiger partial charge in [-0.1, -0.05) is 41.6 Å². The van der Waals surface area contributed by atoms with E-state index < -0.39 is 5.97 Å². The second kappa shape index (κ2) is 4.57. The molecule has 1 aromatic heterocycles. The van der Waals surface area contributed by atoms with Crippen LogP contribution in [0.5, 0.6) is 0 Å². The van der Waals surface area contributed by atoms with Gasteiger partial charge in [0.2, 0.25) is 0 Å². The van der Waals surface area contributed by atoms with Gasteiger partial charge in [-0.05, 0) is 17.7 Å². The molecule has 4 nitrogen and oxygen atoms in total. The third-order valence-electron chi connectivity index (χ3n) is 2.96. The molecule has 0 amide bonds. The van der Waals surface area contributed by atoms with Crippen LogP contribution >= 0.6 is 0 Å². The number of hydrogen-bond acceptors (Lipinski definition) is 3. The highest BCUT2D eigenvalue weighted by molar-refractivity contribution is 5.91. The Labute approximate surface area is 109 Å². The predicted octanol–water partition coefficient (Wildman–Crippen LogP) is 3.12. The van der Waals surface area contributed by atoms with Crippen molar-refractivity contribution in [1.29, 1.82) is 0 Å². The summed E-state index contributed by atoms with van der Waals surface area (Å²) in [5.74, 6) is -0.129. The number of hydrogen-bond donors (Lipinski definition) is 1. The number of nitrogens with zero attached hydrogens (tertiary/aromatic N) is 1. The zero-order chi connectivity index (χ0) is 13.2. The van der Waals surface area contributed by atoms with Crippen molar-refractivity contribution in [2.24, 2.45) is 0 Å². The van der Waals surface area contributed by atoms with Gasteiger partial charge in [0, 0.05) is 10.9 Å². The summed E-state index contributed by atoms with van der Waals surface area (Å²) in [4.78, 5) is 10.6. The highest BCUT2D eigenvalue weighted by Gasteiger charge is 2.10. The van der Waals surface area contributed by atoms with E-state index in [0.717, 1.165) is 22.0 Å². The molecule has 0 radical (unpaired) electrons. The lowest BCUT2D eigenvalue weighted by molar-refractivity contribution is -0.136. The molecule has 0 saturated heterocycles. The highest BCUT2D eigenvalue weighted by Crippen LogP contribution is 2.28. The Morgan fingerprint density at radius 1 is 1.11 bits per heavy atom. The number of carboxylic acid groups (broad SMARTS) is 1. The lowest BCUT2D eigenvalue weighted by Gasteiger charge is -1.99. The molecule has 2 aromatic carbocycles. The molecule has 0 fully saturated rings. The Bertz CT molecular complexity index is 728. The van der Waals surface area contributed by atoms with E-state index in [2.05, 4.69) is 5.16 Å². The summed E-state index contributed by atoms with van der Waals surface area (Å²) in [7, 11) is 0. The number of aliphatic carboxylic acids is 1. The molecule has 0 aliphatic carbocycles. The maximum Gasteiger partial charge on any atom is 0.307 e. The molecule has 94 valence electrons. The van der Waals surface area contributed by atoms with E-state index in [0.29, 0.717) is 5.76 Å². The van der Waals surface area contributed by atoms with E-state index in [-0.39, 0.29) is 6.42 Å². The molecule has 0 saturated carbocycles. The normalized spacial score (nSPS) is 10.7. The first kappa shape index (κ1) is 11.5. The summed E-state index contributed by atoms with van der Waals surface area (Å²) < 4.78 is 5.36. The second-order valence-electron chi connectivity index (χ2n) is 4.30. The van der Waals surface area contributed by atoms with Crippen molar-refractivity contribution >= 4 is 16.9 Å². The summed E-state index contributed by atoms with van der Waals surface area (Å²) in [6.07, 6.45) is 0.0252. The number of aromatic nitrogens is 1. The van der Waals surface area contributed by atoms with Gasteiger partial charge in [0.05, 0.1) is 6.42 Å². The topological polar surface area (TPSA) is 63.3 Å². The smallest absolute Gasteiger partial charge is 0.307 e. The lowest BCUT2D eigenvalue weighted by atomic mass is 10.1. The third-order valence-corrected chi connectivity index (χ3v) is 2.96. The molecular weight excluding hydrogens is 242 g/mol. The first-order chi connectivity index (χ1) is 9.24. The number of fused-ring (bicyclic) bond motifs is 1. The zero-order valence-electron chi connectivity index (χ0n) is 10.0. The van der Waals surface area contributed by atoms with Crippen LogP contribution in [0.15, 0.2) is 53.1 Å². The van der Waals surface area contributed by atoms with Crippen LogP contribution in [0.2, 0.25) is 0 Å². The molecular formula is C15H11NO3. The molecule has 0 unspecified atom stereocenters. The van der Waals surface area contributed by atoms with Crippen LogP contribution in [0.4, 0.5) is 0 Å². The van der Waals surface area contributed by atoms with Gasteiger partial charge >= 0.3 is 5.97 Å². The molecule has 0 atom stereocenters. The molecule has 3 rings (SSSR count). The van der Waals surface area contributed by atoms with Crippen molar-refractivity contribution in [3.63, 3.8) is 0 Å². The fourth-order valence-corrected chi connectivity index (χ4v) is 2.05. The van der Waals surface area contributed by atoms with Crippen LogP contribution in [0.1, 0.15) is 5.56 Å². The van der Waals surface area contributed by atoms with Crippen LogP contribution in [-0.4, -0.2) is 16.2 Å². The van der Waals surface area contributed by atoms with Gasteiger partial charge in [0.15, 0.2) is 5.76 Å². The maximum atomic E-state index is 10.6. The Morgan fingerprint density at radius 2 is 1.84 bits per heavy atom. The first-order valence-corrected chi connectivity index (χ1v) is 5.89. The van der Waals surface area contributed by atoms with E-state index in [1.54, 1.807) is 12.1 Å². The number of benzene rings is 2. The Balaban J connectivity index is 2.00. The highest BCUT2D eigenvalue weighted by atomic mass is 16.5. The van der Waals surface area contributed by atoms with Crippen molar-refractivity contribution in [1.82, 2.24) is 5.16 Å². The van der Waals surface area contributed by atoms with Gasteiger partial charge < -0.3 is 9.63 Å². The number of carbonyl (C=O) groups is 1. The summed E-state index contributed by atoms with van der Waals surface area (Å²) in [6, 6.07) is 15.0. The molecule has 0 spiro atoms. The van der Waals surface area contributed by atoms with E-state index in [4.69, 9.17) is 9.63 Å². The largest absolute Gasteiger partial charge is 0.481 e. The Kier molecular flexibility index (Phi) is 2.76. The summed E-state index contributed by atoms with van der Waals surface area (Å²) >= 11 is 0. The average molecular weight is 253 g/mol. The van der Waals surface area contributed by atoms with Crippen molar-refractivity contribution in [3.05, 3.63) is 54.1 Å². The van der Waals surface area contributed by atoms with Crippen LogP contribution < -0.4 is 0 Å². The zero-order valence-corrected chi connectivity index (χ0v) is 10.0. The lowest BCUT2D eigenvalue weighted by Crippen LogP contribution is -1.99. The second-order valence-corrected chi connectivity index (χ2v) is 4.30. The Hall–Kier alpha value is -2.62. The van der Waals surface area contributed by atoms with Gasteiger partial charge in [-0.25, -0.2) is 0 Å². The fraction of sp³-hybridized carbons (Fsp3) is 0.0667. The predicted molar refractivity (Wildman–Crippen MR) is 70.8 cm³/mol. The van der Waals surface area contributed by atoms with Crippen LogP contribution in [0.25, 0.3) is 22.2 Å². The first-order valence-electron chi connectivity index (χ1n) is 5.89. The maximum absolute atomic E-state index is 10.6. The van der Waals surface area contributed by atoms with E-state index >= 15 is 0 Å². The van der Waals surface area contributed by atoms with Crippen molar-refractivity contribution in [3.8, 4) is 11.3 Å². The molecule has 19 heavy (non-hydrogen) atoms. The van der Waals surface area contributed by atoms with Crippen molar-refractivity contribution in [2.45, 2.75) is 6.42 Å². The Morgan fingerprint density at radius 3 is 2.58 bits per heavy atom. The van der Waals surface area contributed by atoms with Crippen LogP contribution in [0, 0.1) is 0 Å².